The molecule has 0 spiro atoms. The molecule has 2 aromatic carbocycles. The number of aryl methyl sites for hydroxylation is 1. The van der Waals surface area contributed by atoms with Crippen molar-refractivity contribution in [3.8, 4) is 0 Å². The van der Waals surface area contributed by atoms with E-state index in [1.54, 1.807) is 0 Å². The summed E-state index contributed by atoms with van der Waals surface area (Å²) in [5.74, 6) is -0.479. The van der Waals surface area contributed by atoms with Crippen LogP contribution in [-0.4, -0.2) is 18.7 Å². The number of benzene rings is 2. The molecule has 0 fully saturated rings. The van der Waals surface area contributed by atoms with Gasteiger partial charge in [0, 0.05) is 0 Å². The van der Waals surface area contributed by atoms with E-state index in [2.05, 4.69) is 56.0 Å². The third-order valence-electron chi connectivity index (χ3n) is 2.33. The Morgan fingerprint density at radius 2 is 1.74 bits per heavy atom. The number of hydrogen-bond acceptors (Lipinski definition) is 3. The van der Waals surface area contributed by atoms with Crippen molar-refractivity contribution in [2.45, 2.75) is 6.92 Å². The Labute approximate surface area is 136 Å². The van der Waals surface area contributed by atoms with Crippen molar-refractivity contribution in [3.63, 3.8) is 0 Å². The Morgan fingerprint density at radius 1 is 1.16 bits per heavy atom. The molecule has 0 unspecified atom stereocenters. The van der Waals surface area contributed by atoms with Crippen LogP contribution in [0.2, 0.25) is 0 Å². The van der Waals surface area contributed by atoms with Gasteiger partial charge in [-0.3, -0.25) is 0 Å². The minimum Gasteiger partial charge on any atom is -0.748 e. The van der Waals surface area contributed by atoms with Crippen LogP contribution in [0.3, 0.4) is 0 Å². The van der Waals surface area contributed by atoms with E-state index < -0.39 is 15.9 Å². The average molecular weight is 286 g/mol. The van der Waals surface area contributed by atoms with Crippen molar-refractivity contribution in [2.75, 3.05) is 5.75 Å². The van der Waals surface area contributed by atoms with Crippen LogP contribution in [0.25, 0.3) is 10.8 Å². The second kappa shape index (κ2) is 8.51. The van der Waals surface area contributed by atoms with E-state index in [0.717, 1.165) is 6.08 Å². The molecule has 0 radical (unpaired) electrons. The van der Waals surface area contributed by atoms with Crippen molar-refractivity contribution in [2.24, 2.45) is 0 Å². The van der Waals surface area contributed by atoms with Crippen molar-refractivity contribution >= 4 is 20.9 Å². The van der Waals surface area contributed by atoms with Gasteiger partial charge in [0.2, 0.25) is 0 Å². The molecule has 0 N–H and O–H groups in total. The normalized spacial score (nSPS) is 10.0. The minimum atomic E-state index is -4.04. The van der Waals surface area contributed by atoms with Crippen molar-refractivity contribution in [1.29, 1.82) is 0 Å². The third kappa shape index (κ3) is 6.89. The summed E-state index contributed by atoms with van der Waals surface area (Å²) in [6.45, 7) is 5.21. The largest absolute Gasteiger partial charge is 1.00 e. The Kier molecular flexibility index (Phi) is 8.22. The van der Waals surface area contributed by atoms with Gasteiger partial charge in [-0.1, -0.05) is 48.5 Å². The van der Waals surface area contributed by atoms with E-state index in [1.165, 1.54) is 16.3 Å². The number of rotatable bonds is 2. The predicted molar refractivity (Wildman–Crippen MR) is 73.4 cm³/mol. The molecule has 0 saturated heterocycles. The van der Waals surface area contributed by atoms with Crippen LogP contribution in [0.5, 0.6) is 0 Å². The summed E-state index contributed by atoms with van der Waals surface area (Å²) in [5.41, 5.74) is 1.35. The standard InChI is InChI=1S/C11H10.C3H6O3S.Na/c1-9-5-4-7-10-6-2-3-8-11(9)10;1-2-3-7(4,5)6;/h2-8H,1H3;2H,1,3H2,(H,4,5,6);/q;;+1/p-1. The van der Waals surface area contributed by atoms with Crippen molar-refractivity contribution in [3.05, 3.63) is 60.7 Å². The molecule has 5 heteroatoms. The molecule has 0 heterocycles. The second-order valence-electron chi connectivity index (χ2n) is 3.81. The quantitative estimate of drug-likeness (QED) is 0.439. The van der Waals surface area contributed by atoms with Gasteiger partial charge in [-0.2, -0.15) is 0 Å². The van der Waals surface area contributed by atoms with Crippen LogP contribution >= 0.6 is 0 Å². The molecule has 0 aliphatic carbocycles. The molecule has 3 nitrogen and oxygen atoms in total. The van der Waals surface area contributed by atoms with Gasteiger partial charge in [0.1, 0.15) is 0 Å². The van der Waals surface area contributed by atoms with Crippen LogP contribution in [0.15, 0.2) is 55.1 Å². The molecule has 2 rings (SSSR count). The van der Waals surface area contributed by atoms with E-state index in [9.17, 15) is 13.0 Å². The van der Waals surface area contributed by atoms with E-state index in [1.807, 2.05) is 0 Å². The average Bonchev–Trinajstić information content (AvgIpc) is 2.29. The molecule has 96 valence electrons. The first kappa shape index (κ1) is 18.4. The van der Waals surface area contributed by atoms with Gasteiger partial charge >= 0.3 is 29.6 Å². The maximum absolute atomic E-state index is 9.60. The first-order chi connectivity index (χ1) is 8.44. The molecule has 0 saturated carbocycles. The van der Waals surface area contributed by atoms with Crippen molar-refractivity contribution in [1.82, 2.24) is 0 Å². The summed E-state index contributed by atoms with van der Waals surface area (Å²) < 4.78 is 28.8. The zero-order chi connectivity index (χ0) is 13.6. The first-order valence-electron chi connectivity index (χ1n) is 5.43. The van der Waals surface area contributed by atoms with Crippen LogP contribution in [0, 0.1) is 6.92 Å². The van der Waals surface area contributed by atoms with Crippen LogP contribution < -0.4 is 29.6 Å². The molecule has 19 heavy (non-hydrogen) atoms. The Hall–Kier alpha value is -0.650. The second-order valence-corrected chi connectivity index (χ2v) is 5.26. The molecule has 0 atom stereocenters. The summed E-state index contributed by atoms with van der Waals surface area (Å²) in [6, 6.07) is 14.8. The molecular formula is C14H15NaO3S. The summed E-state index contributed by atoms with van der Waals surface area (Å²) in [5, 5.41) is 2.68. The molecule has 0 bridgehead atoms. The Morgan fingerprint density at radius 3 is 2.21 bits per heavy atom. The van der Waals surface area contributed by atoms with Gasteiger partial charge in [0.05, 0.1) is 15.9 Å². The summed E-state index contributed by atoms with van der Waals surface area (Å²) in [6.07, 6.45) is 1.06. The first-order valence-corrected chi connectivity index (χ1v) is 7.00. The van der Waals surface area contributed by atoms with E-state index in [0.29, 0.717) is 0 Å². The van der Waals surface area contributed by atoms with Crippen LogP contribution in [0.4, 0.5) is 0 Å². The van der Waals surface area contributed by atoms with Gasteiger partial charge in [0.15, 0.2) is 0 Å². The van der Waals surface area contributed by atoms with E-state index in [4.69, 9.17) is 0 Å². The minimum absolute atomic E-state index is 0. The molecule has 0 aliphatic rings. The smallest absolute Gasteiger partial charge is 0.748 e. The van der Waals surface area contributed by atoms with Gasteiger partial charge in [-0.15, -0.1) is 6.58 Å². The number of fused-ring (bicyclic) bond motifs is 1. The predicted octanol–water partition coefficient (Wildman–Crippen LogP) is -0.130. The molecule has 0 aliphatic heterocycles. The maximum atomic E-state index is 9.60. The fourth-order valence-electron chi connectivity index (χ4n) is 1.53. The van der Waals surface area contributed by atoms with Crippen LogP contribution in [0.1, 0.15) is 5.56 Å². The van der Waals surface area contributed by atoms with Crippen LogP contribution in [-0.2, 0) is 10.1 Å². The summed E-state index contributed by atoms with van der Waals surface area (Å²) in [4.78, 5) is 0. The van der Waals surface area contributed by atoms with Gasteiger partial charge in [-0.05, 0) is 23.3 Å². The summed E-state index contributed by atoms with van der Waals surface area (Å²) in [7, 11) is -4.04. The van der Waals surface area contributed by atoms with Gasteiger partial charge < -0.3 is 4.55 Å². The van der Waals surface area contributed by atoms with E-state index >= 15 is 0 Å². The molecule has 0 amide bonds. The Bertz CT molecular complexity index is 631. The third-order valence-corrected chi connectivity index (χ3v) is 2.97. The maximum Gasteiger partial charge on any atom is 1.00 e. The number of hydrogen-bond donors (Lipinski definition) is 0. The molecule has 0 aromatic heterocycles. The molecule has 2 aromatic rings. The SMILES string of the molecule is C=CCS(=O)(=O)[O-].Cc1cccc2ccccc12.[Na+]. The molecular weight excluding hydrogens is 271 g/mol. The van der Waals surface area contributed by atoms with Gasteiger partial charge in [-0.25, -0.2) is 8.42 Å². The topological polar surface area (TPSA) is 57.2 Å². The monoisotopic (exact) mass is 286 g/mol. The zero-order valence-corrected chi connectivity index (χ0v) is 14.0. The van der Waals surface area contributed by atoms with Crippen molar-refractivity contribution < 1.29 is 42.5 Å². The summed E-state index contributed by atoms with van der Waals surface area (Å²) >= 11 is 0. The fourth-order valence-corrected chi connectivity index (χ4v) is 1.82. The van der Waals surface area contributed by atoms with E-state index in [-0.39, 0.29) is 29.6 Å². The Balaban J connectivity index is 0.000000360. The van der Waals surface area contributed by atoms with Gasteiger partial charge in [0.25, 0.3) is 0 Å². The zero-order valence-electron chi connectivity index (χ0n) is 11.2. The fraction of sp³-hybridized carbons (Fsp3) is 0.143.